The van der Waals surface area contributed by atoms with Gasteiger partial charge in [0.25, 0.3) is 0 Å². The summed E-state index contributed by atoms with van der Waals surface area (Å²) in [5.41, 5.74) is 3.87. The summed E-state index contributed by atoms with van der Waals surface area (Å²) in [4.78, 5) is 6.13. The molecule has 0 spiro atoms. The topological polar surface area (TPSA) is 58.8 Å². The van der Waals surface area contributed by atoms with Crippen LogP contribution in [0.1, 0.15) is 23.7 Å². The highest BCUT2D eigenvalue weighted by atomic mass is 16.5. The van der Waals surface area contributed by atoms with E-state index in [1.807, 2.05) is 6.07 Å². The average molecular weight is 345 g/mol. The van der Waals surface area contributed by atoms with E-state index in [1.54, 1.807) is 14.2 Å². The number of nitrogens with zero attached hydrogens (tertiary/aromatic N) is 1. The zero-order valence-electron chi connectivity index (χ0n) is 15.1. The van der Waals surface area contributed by atoms with Crippen molar-refractivity contribution in [2.45, 2.75) is 18.9 Å². The monoisotopic (exact) mass is 345 g/mol. The predicted octanol–water partition coefficient (Wildman–Crippen LogP) is 2.09. The number of hydrogen-bond acceptors (Lipinski definition) is 5. The van der Waals surface area contributed by atoms with Crippen LogP contribution in [0.15, 0.2) is 12.1 Å². The standard InChI is InChI=1S/C19H27N3O3/c1-23-17-11-14-13-3-5-20-15(4-6-22-7-9-25-10-8-22)19(13)21-16(14)12-18(17)24-2/h11-12,15,20-21H,3-10H2,1-2H3/t15-/m0/s1. The number of H-pyrrole nitrogens is 1. The lowest BCUT2D eigenvalue weighted by Crippen LogP contribution is -2.39. The van der Waals surface area contributed by atoms with E-state index in [0.29, 0.717) is 6.04 Å². The summed E-state index contributed by atoms with van der Waals surface area (Å²) in [6, 6.07) is 4.52. The largest absolute Gasteiger partial charge is 0.493 e. The molecule has 4 rings (SSSR count). The summed E-state index contributed by atoms with van der Waals surface area (Å²) in [6.45, 7) is 5.91. The molecule has 136 valence electrons. The molecule has 1 aromatic heterocycles. The van der Waals surface area contributed by atoms with Crippen LogP contribution in [0.2, 0.25) is 0 Å². The van der Waals surface area contributed by atoms with Gasteiger partial charge in [0.2, 0.25) is 0 Å². The highest BCUT2D eigenvalue weighted by Gasteiger charge is 2.25. The van der Waals surface area contributed by atoms with Gasteiger partial charge >= 0.3 is 0 Å². The van der Waals surface area contributed by atoms with Gasteiger partial charge in [0.05, 0.1) is 27.4 Å². The van der Waals surface area contributed by atoms with Gasteiger partial charge in [-0.3, -0.25) is 4.90 Å². The zero-order valence-corrected chi connectivity index (χ0v) is 15.1. The molecule has 0 amide bonds. The lowest BCUT2D eigenvalue weighted by molar-refractivity contribution is 0.0360. The molecule has 2 aliphatic rings. The molecule has 0 aliphatic carbocycles. The Labute approximate surface area is 148 Å². The SMILES string of the molecule is COc1cc2[nH]c3c(c2cc1OC)CCN[C@H]3CCN1CCOCC1. The highest BCUT2D eigenvalue weighted by molar-refractivity contribution is 5.88. The maximum absolute atomic E-state index is 5.49. The van der Waals surface area contributed by atoms with Crippen molar-refractivity contribution in [2.75, 3.05) is 53.6 Å². The van der Waals surface area contributed by atoms with Crippen molar-refractivity contribution in [3.63, 3.8) is 0 Å². The summed E-state index contributed by atoms with van der Waals surface area (Å²) in [5.74, 6) is 1.56. The Morgan fingerprint density at radius 3 is 2.68 bits per heavy atom. The quantitative estimate of drug-likeness (QED) is 0.869. The van der Waals surface area contributed by atoms with Crippen LogP contribution in [0.25, 0.3) is 10.9 Å². The lowest BCUT2D eigenvalue weighted by atomic mass is 9.97. The minimum atomic E-state index is 0.371. The Kier molecular flexibility index (Phi) is 4.83. The number of nitrogens with one attached hydrogen (secondary N) is 2. The fourth-order valence-electron chi connectivity index (χ4n) is 4.02. The van der Waals surface area contributed by atoms with Crippen LogP contribution >= 0.6 is 0 Å². The number of fused-ring (bicyclic) bond motifs is 3. The van der Waals surface area contributed by atoms with Gasteiger partial charge < -0.3 is 24.5 Å². The Balaban J connectivity index is 1.59. The Hall–Kier alpha value is -1.76. The smallest absolute Gasteiger partial charge is 0.162 e. The van der Waals surface area contributed by atoms with Gasteiger partial charge in [0.1, 0.15) is 0 Å². The van der Waals surface area contributed by atoms with Crippen molar-refractivity contribution < 1.29 is 14.2 Å². The van der Waals surface area contributed by atoms with Crippen LogP contribution < -0.4 is 14.8 Å². The number of ether oxygens (including phenoxy) is 3. The van der Waals surface area contributed by atoms with E-state index in [2.05, 4.69) is 21.3 Å². The Bertz CT molecular complexity index is 737. The molecule has 1 aromatic carbocycles. The van der Waals surface area contributed by atoms with E-state index in [4.69, 9.17) is 14.2 Å². The zero-order chi connectivity index (χ0) is 17.2. The van der Waals surface area contributed by atoms with Gasteiger partial charge in [0.15, 0.2) is 11.5 Å². The van der Waals surface area contributed by atoms with Crippen LogP contribution in [0.3, 0.4) is 0 Å². The number of benzene rings is 1. The summed E-state index contributed by atoms with van der Waals surface area (Å²) in [6.07, 6.45) is 2.15. The third-order valence-corrected chi connectivity index (χ3v) is 5.40. The summed E-state index contributed by atoms with van der Waals surface area (Å²) >= 11 is 0. The number of rotatable bonds is 5. The van der Waals surface area contributed by atoms with E-state index >= 15 is 0 Å². The number of methoxy groups -OCH3 is 2. The first-order valence-electron chi connectivity index (χ1n) is 9.10. The molecule has 1 atom stereocenters. The molecule has 1 saturated heterocycles. The number of hydrogen-bond donors (Lipinski definition) is 2. The predicted molar refractivity (Wildman–Crippen MR) is 97.7 cm³/mol. The molecule has 2 aliphatic heterocycles. The second kappa shape index (κ2) is 7.23. The minimum absolute atomic E-state index is 0.371. The van der Waals surface area contributed by atoms with Gasteiger partial charge in [0, 0.05) is 48.3 Å². The summed E-state index contributed by atoms with van der Waals surface area (Å²) in [7, 11) is 3.37. The third-order valence-electron chi connectivity index (χ3n) is 5.40. The third kappa shape index (κ3) is 3.21. The molecule has 2 aromatic rings. The average Bonchev–Trinajstić information content (AvgIpc) is 3.04. The Morgan fingerprint density at radius 1 is 1.16 bits per heavy atom. The molecular weight excluding hydrogens is 318 g/mol. The lowest BCUT2D eigenvalue weighted by Gasteiger charge is -2.30. The van der Waals surface area contributed by atoms with Crippen molar-refractivity contribution in [3.8, 4) is 11.5 Å². The Morgan fingerprint density at radius 2 is 1.92 bits per heavy atom. The van der Waals surface area contributed by atoms with Crippen molar-refractivity contribution >= 4 is 10.9 Å². The van der Waals surface area contributed by atoms with E-state index < -0.39 is 0 Å². The number of aromatic amines is 1. The van der Waals surface area contributed by atoms with Crippen molar-refractivity contribution in [2.24, 2.45) is 0 Å². The normalized spacial score (nSPS) is 21.3. The van der Waals surface area contributed by atoms with E-state index in [1.165, 1.54) is 16.6 Å². The number of morpholine rings is 1. The number of aromatic nitrogens is 1. The minimum Gasteiger partial charge on any atom is -0.493 e. The highest BCUT2D eigenvalue weighted by Crippen LogP contribution is 2.38. The van der Waals surface area contributed by atoms with Crippen molar-refractivity contribution in [3.05, 3.63) is 23.4 Å². The second-order valence-electron chi connectivity index (χ2n) is 6.77. The first-order valence-corrected chi connectivity index (χ1v) is 9.10. The summed E-state index contributed by atoms with van der Waals surface area (Å²) in [5, 5.41) is 4.94. The fraction of sp³-hybridized carbons (Fsp3) is 0.579. The maximum Gasteiger partial charge on any atom is 0.162 e. The fourth-order valence-corrected chi connectivity index (χ4v) is 4.02. The molecule has 25 heavy (non-hydrogen) atoms. The molecular formula is C19H27N3O3. The van der Waals surface area contributed by atoms with E-state index in [9.17, 15) is 0 Å². The van der Waals surface area contributed by atoms with Crippen LogP contribution in [-0.4, -0.2) is 63.5 Å². The van der Waals surface area contributed by atoms with Gasteiger partial charge in [-0.15, -0.1) is 0 Å². The molecule has 1 fully saturated rings. The molecule has 6 nitrogen and oxygen atoms in total. The van der Waals surface area contributed by atoms with Crippen LogP contribution in [-0.2, 0) is 11.2 Å². The van der Waals surface area contributed by atoms with Gasteiger partial charge in [-0.1, -0.05) is 0 Å². The van der Waals surface area contributed by atoms with Gasteiger partial charge in [-0.2, -0.15) is 0 Å². The second-order valence-corrected chi connectivity index (χ2v) is 6.77. The molecule has 0 bridgehead atoms. The van der Waals surface area contributed by atoms with Gasteiger partial charge in [-0.25, -0.2) is 0 Å². The molecule has 3 heterocycles. The molecule has 0 saturated carbocycles. The van der Waals surface area contributed by atoms with E-state index in [0.717, 1.165) is 69.3 Å². The summed E-state index contributed by atoms with van der Waals surface area (Å²) < 4.78 is 16.4. The van der Waals surface area contributed by atoms with Crippen LogP contribution in [0.5, 0.6) is 11.5 Å². The maximum atomic E-state index is 5.49. The molecule has 6 heteroatoms. The van der Waals surface area contributed by atoms with Crippen LogP contribution in [0.4, 0.5) is 0 Å². The van der Waals surface area contributed by atoms with E-state index in [-0.39, 0.29) is 0 Å². The first-order chi connectivity index (χ1) is 12.3. The first kappa shape index (κ1) is 16.7. The van der Waals surface area contributed by atoms with Crippen molar-refractivity contribution in [1.29, 1.82) is 0 Å². The molecule has 0 radical (unpaired) electrons. The molecule has 2 N–H and O–H groups in total. The van der Waals surface area contributed by atoms with Crippen molar-refractivity contribution in [1.82, 2.24) is 15.2 Å². The molecule has 0 unspecified atom stereocenters. The van der Waals surface area contributed by atoms with Crippen LogP contribution in [0, 0.1) is 0 Å². The van der Waals surface area contributed by atoms with Gasteiger partial charge in [-0.05, 0) is 31.0 Å².